The van der Waals surface area contributed by atoms with E-state index in [4.69, 9.17) is 4.74 Å². The normalized spacial score (nSPS) is 42.1. The predicted octanol–water partition coefficient (Wildman–Crippen LogP) is 3.14. The third kappa shape index (κ3) is 2.88. The molecular formula is C26H32O6. The number of ketones is 3. The van der Waals surface area contributed by atoms with Crippen LogP contribution in [0.4, 0.5) is 0 Å². The van der Waals surface area contributed by atoms with E-state index in [9.17, 15) is 24.3 Å². The molecule has 0 aromatic heterocycles. The quantitative estimate of drug-likeness (QED) is 0.660. The first kappa shape index (κ1) is 22.8. The summed E-state index contributed by atoms with van der Waals surface area (Å²) in [5, 5.41) is 9.86. The zero-order valence-corrected chi connectivity index (χ0v) is 19.2. The number of carbonyl (C=O) groups excluding carboxylic acids is 4. The summed E-state index contributed by atoms with van der Waals surface area (Å²) in [6.45, 7) is 6.88. The average molecular weight is 441 g/mol. The summed E-state index contributed by atoms with van der Waals surface area (Å²) < 4.78 is 5.96. The first-order chi connectivity index (χ1) is 15.0. The average Bonchev–Trinajstić information content (AvgIpc) is 2.95. The highest BCUT2D eigenvalue weighted by Crippen LogP contribution is 2.67. The van der Waals surface area contributed by atoms with Gasteiger partial charge in [0.25, 0.3) is 0 Å². The van der Waals surface area contributed by atoms with Gasteiger partial charge < -0.3 is 9.84 Å². The van der Waals surface area contributed by atoms with Gasteiger partial charge >= 0.3 is 5.97 Å². The minimum Gasteiger partial charge on any atom is -0.450 e. The minimum atomic E-state index is -1.53. The van der Waals surface area contributed by atoms with E-state index in [-0.39, 0.29) is 48.1 Å². The summed E-state index contributed by atoms with van der Waals surface area (Å²) >= 11 is 0. The topological polar surface area (TPSA) is 97.7 Å². The van der Waals surface area contributed by atoms with E-state index < -0.39 is 34.8 Å². The maximum absolute atomic E-state index is 13.7. The summed E-state index contributed by atoms with van der Waals surface area (Å²) in [5.41, 5.74) is -2.19. The molecule has 0 spiro atoms. The molecule has 4 rings (SSSR count). The summed E-state index contributed by atoms with van der Waals surface area (Å²) in [7, 11) is 0. The molecule has 0 radical (unpaired) electrons. The molecule has 2 saturated carbocycles. The zero-order chi connectivity index (χ0) is 23.5. The van der Waals surface area contributed by atoms with Gasteiger partial charge in [-0.15, -0.1) is 0 Å². The fourth-order valence-corrected chi connectivity index (χ4v) is 7.24. The summed E-state index contributed by atoms with van der Waals surface area (Å²) in [4.78, 5) is 51.5. The van der Waals surface area contributed by atoms with Crippen LogP contribution in [0.25, 0.3) is 0 Å². The van der Waals surface area contributed by atoms with Gasteiger partial charge in [-0.2, -0.15) is 0 Å². The number of allylic oxidation sites excluding steroid dienone is 6. The predicted molar refractivity (Wildman–Crippen MR) is 117 cm³/mol. The van der Waals surface area contributed by atoms with E-state index in [1.165, 1.54) is 6.08 Å². The summed E-state index contributed by atoms with van der Waals surface area (Å²) in [5.74, 6) is -1.98. The number of Topliss-reactive ketones (excluding diaryl/α,β-unsaturated/α-hetero) is 2. The number of esters is 1. The molecule has 0 saturated heterocycles. The van der Waals surface area contributed by atoms with Crippen LogP contribution in [0, 0.1) is 34.5 Å². The second-order valence-corrected chi connectivity index (χ2v) is 10.4. The number of aliphatic hydroxyl groups excluding tert-OH is 1. The maximum atomic E-state index is 13.7. The van der Waals surface area contributed by atoms with Gasteiger partial charge in [0.2, 0.25) is 5.78 Å². The third-order valence-electron chi connectivity index (χ3n) is 8.65. The van der Waals surface area contributed by atoms with Crippen molar-refractivity contribution in [3.63, 3.8) is 0 Å². The van der Waals surface area contributed by atoms with Crippen LogP contribution >= 0.6 is 0 Å². The standard InChI is InChI=1S/C26H32O6/c1-5-6-22(31)32-26(21(30)14-27)15(2)11-19-18-8-7-16-12-17(28)9-10-24(16,3)23(18)20(29)13-25(19,26)4/h7-10,12,15,18-19,23,27H,5-6,11,13-14H2,1-4H3/t15?,18-,19-,23+,24-,25-,26-/m0/s1. The number of hydrogen-bond acceptors (Lipinski definition) is 6. The van der Waals surface area contributed by atoms with Crippen molar-refractivity contribution in [2.24, 2.45) is 34.5 Å². The summed E-state index contributed by atoms with van der Waals surface area (Å²) in [6, 6.07) is 0. The highest BCUT2D eigenvalue weighted by Gasteiger charge is 2.72. The van der Waals surface area contributed by atoms with E-state index >= 15 is 0 Å². The fourth-order valence-electron chi connectivity index (χ4n) is 7.24. The zero-order valence-electron chi connectivity index (χ0n) is 19.2. The van der Waals surface area contributed by atoms with Crippen molar-refractivity contribution in [1.82, 2.24) is 0 Å². The Kier molecular flexibility index (Phi) is 5.44. The molecule has 1 N–H and O–H groups in total. The summed E-state index contributed by atoms with van der Waals surface area (Å²) in [6.07, 6.45) is 10.4. The van der Waals surface area contributed by atoms with Crippen LogP contribution in [0.5, 0.6) is 0 Å². The number of hydrogen-bond donors (Lipinski definition) is 1. The van der Waals surface area contributed by atoms with Gasteiger partial charge in [-0.25, -0.2) is 0 Å². The maximum Gasteiger partial charge on any atom is 0.306 e. The van der Waals surface area contributed by atoms with Crippen molar-refractivity contribution in [3.05, 3.63) is 36.0 Å². The van der Waals surface area contributed by atoms with Crippen molar-refractivity contribution in [3.8, 4) is 0 Å². The number of rotatable bonds is 5. The number of carbonyl (C=O) groups is 4. The van der Waals surface area contributed by atoms with Crippen LogP contribution < -0.4 is 0 Å². The molecule has 0 aromatic carbocycles. The lowest BCUT2D eigenvalue weighted by molar-refractivity contribution is -0.195. The second-order valence-electron chi connectivity index (χ2n) is 10.4. The van der Waals surface area contributed by atoms with Crippen molar-refractivity contribution in [1.29, 1.82) is 0 Å². The minimum absolute atomic E-state index is 0.00116. The molecule has 7 atom stereocenters. The lowest BCUT2D eigenvalue weighted by Crippen LogP contribution is -2.63. The molecule has 6 heteroatoms. The SMILES string of the molecule is CCCC(=O)O[C@]1(C(=O)CO)C(C)C[C@H]2[C@@H]3C=CC4=CC(=O)C=C[C@]4(C)[C@H]3C(=O)C[C@@]21C. The van der Waals surface area contributed by atoms with Crippen LogP contribution in [0.15, 0.2) is 36.0 Å². The van der Waals surface area contributed by atoms with Gasteiger partial charge in [0.05, 0.1) is 0 Å². The van der Waals surface area contributed by atoms with Crippen molar-refractivity contribution < 1.29 is 29.0 Å². The molecule has 6 nitrogen and oxygen atoms in total. The van der Waals surface area contributed by atoms with Crippen molar-refractivity contribution >= 4 is 23.3 Å². The van der Waals surface area contributed by atoms with Crippen molar-refractivity contribution in [2.45, 2.75) is 59.0 Å². The second kappa shape index (κ2) is 7.62. The molecule has 0 bridgehead atoms. The molecule has 4 aliphatic rings. The fraction of sp³-hybridized carbons (Fsp3) is 0.615. The highest BCUT2D eigenvalue weighted by molar-refractivity contribution is 6.02. The Labute approximate surface area is 188 Å². The number of fused-ring (bicyclic) bond motifs is 5. The van der Waals surface area contributed by atoms with Gasteiger partial charge in [0.15, 0.2) is 11.4 Å². The monoisotopic (exact) mass is 440 g/mol. The van der Waals surface area contributed by atoms with Gasteiger partial charge in [-0.1, -0.05) is 45.9 Å². The molecule has 172 valence electrons. The number of aliphatic hydroxyl groups is 1. The Balaban J connectivity index is 1.83. The van der Waals surface area contributed by atoms with E-state index in [0.29, 0.717) is 12.8 Å². The van der Waals surface area contributed by atoms with Crippen LogP contribution in [0.1, 0.15) is 53.4 Å². The molecule has 0 aliphatic heterocycles. The van der Waals surface area contributed by atoms with E-state index in [1.807, 2.05) is 45.9 Å². The molecule has 4 aliphatic carbocycles. The Hall–Kier alpha value is -2.34. The molecule has 0 amide bonds. The van der Waals surface area contributed by atoms with Gasteiger partial charge in [0.1, 0.15) is 12.4 Å². The molecule has 1 unspecified atom stereocenters. The molecular weight excluding hydrogens is 408 g/mol. The molecule has 2 fully saturated rings. The lowest BCUT2D eigenvalue weighted by Gasteiger charge is -2.55. The van der Waals surface area contributed by atoms with E-state index in [1.54, 1.807) is 6.08 Å². The first-order valence-corrected chi connectivity index (χ1v) is 11.6. The van der Waals surface area contributed by atoms with Gasteiger partial charge in [0, 0.05) is 35.5 Å². The number of ether oxygens (including phenoxy) is 1. The Morgan fingerprint density at radius 1 is 1.22 bits per heavy atom. The highest BCUT2D eigenvalue weighted by atomic mass is 16.6. The lowest BCUT2D eigenvalue weighted by atomic mass is 9.48. The van der Waals surface area contributed by atoms with Crippen LogP contribution in [-0.4, -0.2) is 40.6 Å². The Morgan fingerprint density at radius 2 is 1.94 bits per heavy atom. The third-order valence-corrected chi connectivity index (χ3v) is 8.65. The molecule has 0 aromatic rings. The Morgan fingerprint density at radius 3 is 2.59 bits per heavy atom. The van der Waals surface area contributed by atoms with Gasteiger partial charge in [-0.3, -0.25) is 19.2 Å². The largest absolute Gasteiger partial charge is 0.450 e. The van der Waals surface area contributed by atoms with Crippen LogP contribution in [0.3, 0.4) is 0 Å². The van der Waals surface area contributed by atoms with E-state index in [2.05, 4.69) is 0 Å². The Bertz CT molecular complexity index is 973. The van der Waals surface area contributed by atoms with Gasteiger partial charge in [-0.05, 0) is 42.4 Å². The van der Waals surface area contributed by atoms with Crippen LogP contribution in [0.2, 0.25) is 0 Å². The van der Waals surface area contributed by atoms with Crippen molar-refractivity contribution in [2.75, 3.05) is 6.61 Å². The smallest absolute Gasteiger partial charge is 0.306 e. The first-order valence-electron chi connectivity index (χ1n) is 11.6. The van der Waals surface area contributed by atoms with Crippen LogP contribution in [-0.2, 0) is 23.9 Å². The molecule has 32 heavy (non-hydrogen) atoms. The van der Waals surface area contributed by atoms with E-state index in [0.717, 1.165) is 5.57 Å². The molecule has 0 heterocycles.